The van der Waals surface area contributed by atoms with Gasteiger partial charge in [-0.3, -0.25) is 4.79 Å². The molecule has 0 saturated heterocycles. The Kier molecular flexibility index (Phi) is 2.75. The summed E-state index contributed by atoms with van der Waals surface area (Å²) in [5, 5.41) is 12.5. The fraction of sp³-hybridized carbons (Fsp3) is 0.154. The molecule has 3 rings (SSSR count). The Bertz CT molecular complexity index is 774. The van der Waals surface area contributed by atoms with Crippen LogP contribution in [0.1, 0.15) is 5.82 Å². The summed E-state index contributed by atoms with van der Waals surface area (Å²) < 4.78 is 1.83. The van der Waals surface area contributed by atoms with Crippen LogP contribution >= 0.6 is 0 Å². The van der Waals surface area contributed by atoms with E-state index in [0.29, 0.717) is 17.7 Å². The SMILES string of the molecule is Cn1cnnc1CNc1cc2ccccc2c(=O)[nH]1. The lowest BCUT2D eigenvalue weighted by molar-refractivity contribution is 0.810. The highest BCUT2D eigenvalue weighted by Gasteiger charge is 2.03. The van der Waals surface area contributed by atoms with Gasteiger partial charge in [0.2, 0.25) is 0 Å². The molecule has 6 nitrogen and oxygen atoms in total. The third kappa shape index (κ3) is 2.20. The van der Waals surface area contributed by atoms with Gasteiger partial charge >= 0.3 is 0 Å². The van der Waals surface area contributed by atoms with Gasteiger partial charge in [-0.25, -0.2) is 0 Å². The van der Waals surface area contributed by atoms with Gasteiger partial charge in [0, 0.05) is 12.4 Å². The molecule has 3 aromatic rings. The first kappa shape index (κ1) is 11.5. The van der Waals surface area contributed by atoms with Gasteiger partial charge < -0.3 is 14.9 Å². The molecule has 0 spiro atoms. The molecule has 1 aromatic carbocycles. The lowest BCUT2D eigenvalue weighted by Gasteiger charge is -2.06. The minimum Gasteiger partial charge on any atom is -0.364 e. The van der Waals surface area contributed by atoms with E-state index in [0.717, 1.165) is 11.2 Å². The Morgan fingerprint density at radius 3 is 3.00 bits per heavy atom. The average molecular weight is 255 g/mol. The van der Waals surface area contributed by atoms with Crippen molar-refractivity contribution >= 4 is 16.6 Å². The topological polar surface area (TPSA) is 75.6 Å². The zero-order valence-corrected chi connectivity index (χ0v) is 10.4. The van der Waals surface area contributed by atoms with E-state index in [-0.39, 0.29) is 5.56 Å². The van der Waals surface area contributed by atoms with Crippen molar-refractivity contribution in [2.45, 2.75) is 6.54 Å². The van der Waals surface area contributed by atoms with E-state index in [9.17, 15) is 4.79 Å². The van der Waals surface area contributed by atoms with Crippen molar-refractivity contribution in [2.24, 2.45) is 7.05 Å². The normalized spacial score (nSPS) is 10.8. The second-order valence-corrected chi connectivity index (χ2v) is 4.31. The van der Waals surface area contributed by atoms with E-state index in [1.54, 1.807) is 12.4 Å². The van der Waals surface area contributed by atoms with Gasteiger partial charge in [0.25, 0.3) is 5.56 Å². The molecule has 0 fully saturated rings. The molecule has 0 aliphatic carbocycles. The first-order chi connectivity index (χ1) is 9.24. The number of nitrogens with zero attached hydrogens (tertiary/aromatic N) is 3. The number of nitrogens with one attached hydrogen (secondary N) is 2. The van der Waals surface area contributed by atoms with Gasteiger partial charge in [0.05, 0.1) is 6.54 Å². The van der Waals surface area contributed by atoms with Crippen molar-refractivity contribution < 1.29 is 0 Å². The van der Waals surface area contributed by atoms with Crippen molar-refractivity contribution in [1.29, 1.82) is 0 Å². The third-order valence-electron chi connectivity index (χ3n) is 3.00. The number of rotatable bonds is 3. The maximum absolute atomic E-state index is 11.9. The Morgan fingerprint density at radius 2 is 2.21 bits per heavy atom. The molecule has 0 bridgehead atoms. The zero-order chi connectivity index (χ0) is 13.2. The van der Waals surface area contributed by atoms with Crippen LogP contribution in [-0.4, -0.2) is 19.7 Å². The fourth-order valence-corrected chi connectivity index (χ4v) is 1.95. The van der Waals surface area contributed by atoms with E-state index >= 15 is 0 Å². The summed E-state index contributed by atoms with van der Waals surface area (Å²) in [6, 6.07) is 9.39. The molecular formula is C13H13N5O. The van der Waals surface area contributed by atoms with Gasteiger partial charge in [0.1, 0.15) is 12.1 Å². The second kappa shape index (κ2) is 4.56. The third-order valence-corrected chi connectivity index (χ3v) is 3.00. The van der Waals surface area contributed by atoms with Crippen molar-refractivity contribution in [3.63, 3.8) is 0 Å². The Labute approximate surface area is 109 Å². The highest BCUT2D eigenvalue weighted by Crippen LogP contribution is 2.13. The average Bonchev–Trinajstić information content (AvgIpc) is 2.82. The number of fused-ring (bicyclic) bond motifs is 1. The number of aromatic amines is 1. The minimum atomic E-state index is -0.0986. The van der Waals surface area contributed by atoms with Gasteiger partial charge in [-0.05, 0) is 17.5 Å². The molecule has 2 heterocycles. The molecule has 0 saturated carbocycles. The smallest absolute Gasteiger partial charge is 0.257 e. The first-order valence-electron chi connectivity index (χ1n) is 5.93. The van der Waals surface area contributed by atoms with Crippen LogP contribution < -0.4 is 10.9 Å². The van der Waals surface area contributed by atoms with Gasteiger partial charge in [-0.1, -0.05) is 18.2 Å². The number of aromatic nitrogens is 4. The number of hydrogen-bond donors (Lipinski definition) is 2. The number of H-pyrrole nitrogens is 1. The Hall–Kier alpha value is -2.63. The van der Waals surface area contributed by atoms with Gasteiger partial charge in [-0.2, -0.15) is 0 Å². The molecule has 2 N–H and O–H groups in total. The predicted octanol–water partition coefficient (Wildman–Crippen LogP) is 1.27. The fourth-order valence-electron chi connectivity index (χ4n) is 1.95. The summed E-state index contributed by atoms with van der Waals surface area (Å²) >= 11 is 0. The number of anilines is 1. The second-order valence-electron chi connectivity index (χ2n) is 4.31. The van der Waals surface area contributed by atoms with Gasteiger partial charge in [-0.15, -0.1) is 10.2 Å². The quantitative estimate of drug-likeness (QED) is 0.739. The maximum atomic E-state index is 11.9. The summed E-state index contributed by atoms with van der Waals surface area (Å²) in [7, 11) is 1.88. The van der Waals surface area contributed by atoms with Crippen LogP contribution in [0, 0.1) is 0 Å². The number of aryl methyl sites for hydroxylation is 1. The molecule has 0 aliphatic heterocycles. The Morgan fingerprint density at radius 1 is 1.37 bits per heavy atom. The summed E-state index contributed by atoms with van der Waals surface area (Å²) in [6.45, 7) is 0.505. The zero-order valence-electron chi connectivity index (χ0n) is 10.4. The van der Waals surface area contributed by atoms with E-state index in [2.05, 4.69) is 20.5 Å². The largest absolute Gasteiger partial charge is 0.364 e. The molecule has 0 atom stereocenters. The van der Waals surface area contributed by atoms with Crippen molar-refractivity contribution in [2.75, 3.05) is 5.32 Å². The highest BCUT2D eigenvalue weighted by atomic mass is 16.1. The van der Waals surface area contributed by atoms with E-state index in [1.165, 1.54) is 0 Å². The number of pyridine rings is 1. The molecule has 0 amide bonds. The lowest BCUT2D eigenvalue weighted by atomic mass is 10.2. The molecule has 0 unspecified atom stereocenters. The summed E-state index contributed by atoms with van der Waals surface area (Å²) in [4.78, 5) is 14.7. The molecule has 0 aliphatic rings. The van der Waals surface area contributed by atoms with Gasteiger partial charge in [0.15, 0.2) is 5.82 Å². The first-order valence-corrected chi connectivity index (χ1v) is 5.93. The van der Waals surface area contributed by atoms with Crippen LogP contribution in [0.5, 0.6) is 0 Å². The molecule has 0 radical (unpaired) electrons. The highest BCUT2D eigenvalue weighted by molar-refractivity contribution is 5.83. The van der Waals surface area contributed by atoms with Crippen LogP contribution in [0.25, 0.3) is 10.8 Å². The van der Waals surface area contributed by atoms with Crippen molar-refractivity contribution in [3.8, 4) is 0 Å². The van der Waals surface area contributed by atoms with E-state index in [1.807, 2.05) is 35.9 Å². The lowest BCUT2D eigenvalue weighted by Crippen LogP contribution is -2.12. The van der Waals surface area contributed by atoms with Crippen molar-refractivity contribution in [1.82, 2.24) is 19.7 Å². The van der Waals surface area contributed by atoms with Crippen LogP contribution in [-0.2, 0) is 13.6 Å². The number of benzene rings is 1. The predicted molar refractivity (Wildman–Crippen MR) is 72.9 cm³/mol. The molecule has 19 heavy (non-hydrogen) atoms. The summed E-state index contributed by atoms with van der Waals surface area (Å²) in [6.07, 6.45) is 1.64. The van der Waals surface area contributed by atoms with E-state index in [4.69, 9.17) is 0 Å². The number of hydrogen-bond acceptors (Lipinski definition) is 4. The monoisotopic (exact) mass is 255 g/mol. The standard InChI is InChI=1S/C13H13N5O/c1-18-8-15-17-12(18)7-14-11-6-9-4-2-3-5-10(9)13(19)16-11/h2-6,8H,7H2,1H3,(H2,14,16,19). The maximum Gasteiger partial charge on any atom is 0.257 e. The minimum absolute atomic E-state index is 0.0986. The molecular weight excluding hydrogens is 242 g/mol. The molecule has 96 valence electrons. The molecule has 6 heteroatoms. The van der Waals surface area contributed by atoms with E-state index < -0.39 is 0 Å². The van der Waals surface area contributed by atoms with Crippen LogP contribution in [0.15, 0.2) is 41.5 Å². The summed E-state index contributed by atoms with van der Waals surface area (Å²) in [5.74, 6) is 1.47. The van der Waals surface area contributed by atoms with Crippen LogP contribution in [0.3, 0.4) is 0 Å². The summed E-state index contributed by atoms with van der Waals surface area (Å²) in [5.41, 5.74) is -0.0986. The van der Waals surface area contributed by atoms with Crippen LogP contribution in [0.4, 0.5) is 5.82 Å². The Balaban J connectivity index is 1.90. The molecule has 2 aromatic heterocycles. The van der Waals surface area contributed by atoms with Crippen molar-refractivity contribution in [3.05, 3.63) is 52.8 Å². The van der Waals surface area contributed by atoms with Crippen LogP contribution in [0.2, 0.25) is 0 Å².